The Bertz CT molecular complexity index is 376. The van der Waals surface area contributed by atoms with E-state index in [1.807, 2.05) is 12.1 Å². The van der Waals surface area contributed by atoms with Crippen LogP contribution in [0, 0.1) is 0 Å². The highest BCUT2D eigenvalue weighted by Gasteiger charge is 2.25. The summed E-state index contributed by atoms with van der Waals surface area (Å²) < 4.78 is 20.1. The SMILES string of the molecule is COc1ccccc1OC[C@@H]1COC(=O)O1. The molecule has 2 rings (SSSR count). The van der Waals surface area contributed by atoms with E-state index in [4.69, 9.17) is 14.2 Å². The summed E-state index contributed by atoms with van der Waals surface area (Å²) >= 11 is 0. The third kappa shape index (κ3) is 2.36. The maximum Gasteiger partial charge on any atom is 0.508 e. The largest absolute Gasteiger partial charge is 0.508 e. The first-order valence-corrected chi connectivity index (χ1v) is 4.89. The van der Waals surface area contributed by atoms with Crippen LogP contribution in [0.3, 0.4) is 0 Å². The van der Waals surface area contributed by atoms with Gasteiger partial charge in [-0.1, -0.05) is 12.1 Å². The van der Waals surface area contributed by atoms with Crippen LogP contribution in [0.2, 0.25) is 0 Å². The predicted octanol–water partition coefficient (Wildman–Crippen LogP) is 1.61. The van der Waals surface area contributed by atoms with Crippen molar-refractivity contribution in [2.45, 2.75) is 6.10 Å². The van der Waals surface area contributed by atoms with E-state index in [0.717, 1.165) is 0 Å². The molecule has 5 heteroatoms. The highest BCUT2D eigenvalue weighted by atomic mass is 16.8. The van der Waals surface area contributed by atoms with Crippen LogP contribution in [-0.4, -0.2) is 32.6 Å². The lowest BCUT2D eigenvalue weighted by Crippen LogP contribution is -2.20. The molecule has 1 saturated heterocycles. The molecule has 0 unspecified atom stereocenters. The molecule has 0 saturated carbocycles. The zero-order chi connectivity index (χ0) is 11.4. The fourth-order valence-corrected chi connectivity index (χ4v) is 1.37. The fraction of sp³-hybridized carbons (Fsp3) is 0.364. The second kappa shape index (κ2) is 4.74. The van der Waals surface area contributed by atoms with Gasteiger partial charge >= 0.3 is 6.16 Å². The lowest BCUT2D eigenvalue weighted by atomic mass is 10.3. The summed E-state index contributed by atoms with van der Waals surface area (Å²) in [6, 6.07) is 7.28. The van der Waals surface area contributed by atoms with Crippen molar-refractivity contribution in [1.82, 2.24) is 0 Å². The summed E-state index contributed by atoms with van der Waals surface area (Å²) in [5.41, 5.74) is 0. The quantitative estimate of drug-likeness (QED) is 0.727. The summed E-state index contributed by atoms with van der Waals surface area (Å²) in [6.45, 7) is 0.486. The Morgan fingerprint density at radius 1 is 1.38 bits per heavy atom. The van der Waals surface area contributed by atoms with Crippen molar-refractivity contribution < 1.29 is 23.7 Å². The zero-order valence-corrected chi connectivity index (χ0v) is 8.84. The number of methoxy groups -OCH3 is 1. The van der Waals surface area contributed by atoms with Gasteiger partial charge < -0.3 is 18.9 Å². The van der Waals surface area contributed by atoms with Gasteiger partial charge in [-0.15, -0.1) is 0 Å². The van der Waals surface area contributed by atoms with Gasteiger partial charge in [0, 0.05) is 0 Å². The van der Waals surface area contributed by atoms with Crippen molar-refractivity contribution in [3.05, 3.63) is 24.3 Å². The van der Waals surface area contributed by atoms with Gasteiger partial charge in [-0.05, 0) is 12.1 Å². The molecule has 1 heterocycles. The van der Waals surface area contributed by atoms with Crippen LogP contribution < -0.4 is 9.47 Å². The molecule has 1 aliphatic heterocycles. The molecule has 1 aliphatic rings. The fourth-order valence-electron chi connectivity index (χ4n) is 1.37. The Labute approximate surface area is 92.9 Å². The lowest BCUT2D eigenvalue weighted by molar-refractivity contribution is 0.0975. The molecule has 0 N–H and O–H groups in total. The highest BCUT2D eigenvalue weighted by Crippen LogP contribution is 2.26. The standard InChI is InChI=1S/C11H12O5/c1-13-9-4-2-3-5-10(9)14-6-8-7-15-11(12)16-8/h2-5,8H,6-7H2,1H3/t8-/m1/s1. The molecule has 0 amide bonds. The number of para-hydroxylation sites is 2. The van der Waals surface area contributed by atoms with Crippen molar-refractivity contribution in [2.24, 2.45) is 0 Å². The van der Waals surface area contributed by atoms with Gasteiger partial charge in [0.1, 0.15) is 13.2 Å². The van der Waals surface area contributed by atoms with E-state index in [1.165, 1.54) is 0 Å². The van der Waals surface area contributed by atoms with Crippen LogP contribution in [-0.2, 0) is 9.47 Å². The van der Waals surface area contributed by atoms with Crippen molar-refractivity contribution >= 4 is 6.16 Å². The van der Waals surface area contributed by atoms with Crippen LogP contribution in [0.1, 0.15) is 0 Å². The van der Waals surface area contributed by atoms with Crippen LogP contribution in [0.25, 0.3) is 0 Å². The number of hydrogen-bond acceptors (Lipinski definition) is 5. The molecular formula is C11H12O5. The number of ether oxygens (including phenoxy) is 4. The van der Waals surface area contributed by atoms with Gasteiger partial charge in [-0.2, -0.15) is 0 Å². The third-order valence-corrected chi connectivity index (χ3v) is 2.14. The van der Waals surface area contributed by atoms with Crippen LogP contribution >= 0.6 is 0 Å². The van der Waals surface area contributed by atoms with E-state index in [1.54, 1.807) is 19.2 Å². The van der Waals surface area contributed by atoms with Crippen molar-refractivity contribution in [3.8, 4) is 11.5 Å². The average molecular weight is 224 g/mol. The van der Waals surface area contributed by atoms with Gasteiger partial charge in [0.15, 0.2) is 17.6 Å². The minimum absolute atomic E-state index is 0.230. The topological polar surface area (TPSA) is 54.0 Å². The Morgan fingerprint density at radius 2 is 2.12 bits per heavy atom. The molecule has 1 atom stereocenters. The number of hydrogen-bond donors (Lipinski definition) is 0. The first-order valence-electron chi connectivity index (χ1n) is 4.89. The Morgan fingerprint density at radius 3 is 2.75 bits per heavy atom. The second-order valence-corrected chi connectivity index (χ2v) is 3.26. The van der Waals surface area contributed by atoms with Gasteiger partial charge in [-0.25, -0.2) is 4.79 Å². The maximum absolute atomic E-state index is 10.7. The molecule has 1 fully saturated rings. The molecule has 16 heavy (non-hydrogen) atoms. The van der Waals surface area contributed by atoms with Gasteiger partial charge in [0.05, 0.1) is 7.11 Å². The third-order valence-electron chi connectivity index (χ3n) is 2.14. The number of benzene rings is 1. The van der Waals surface area contributed by atoms with E-state index in [2.05, 4.69) is 4.74 Å². The first-order chi connectivity index (χ1) is 7.79. The summed E-state index contributed by atoms with van der Waals surface area (Å²) in [4.78, 5) is 10.7. The number of rotatable bonds is 4. The molecule has 0 spiro atoms. The molecule has 1 aromatic rings. The first kappa shape index (κ1) is 10.6. The Hall–Kier alpha value is -1.91. The van der Waals surface area contributed by atoms with E-state index in [9.17, 15) is 4.79 Å². The smallest absolute Gasteiger partial charge is 0.493 e. The van der Waals surface area contributed by atoms with Gasteiger partial charge in [-0.3, -0.25) is 0 Å². The van der Waals surface area contributed by atoms with Crippen LogP contribution in [0.5, 0.6) is 11.5 Å². The number of cyclic esters (lactones) is 2. The van der Waals surface area contributed by atoms with Gasteiger partial charge in [0.25, 0.3) is 0 Å². The highest BCUT2D eigenvalue weighted by molar-refractivity contribution is 5.61. The van der Waals surface area contributed by atoms with E-state index in [0.29, 0.717) is 11.5 Å². The average Bonchev–Trinajstić information content (AvgIpc) is 2.73. The minimum Gasteiger partial charge on any atom is -0.493 e. The number of carbonyl (C=O) groups is 1. The molecule has 0 bridgehead atoms. The summed E-state index contributed by atoms with van der Waals surface area (Å²) in [7, 11) is 1.57. The second-order valence-electron chi connectivity index (χ2n) is 3.26. The summed E-state index contributed by atoms with van der Waals surface area (Å²) in [5.74, 6) is 1.26. The molecule has 0 radical (unpaired) electrons. The molecule has 86 valence electrons. The van der Waals surface area contributed by atoms with Crippen molar-refractivity contribution in [3.63, 3.8) is 0 Å². The Kier molecular flexibility index (Phi) is 3.14. The minimum atomic E-state index is -0.645. The molecule has 1 aromatic carbocycles. The van der Waals surface area contributed by atoms with Crippen molar-refractivity contribution in [1.29, 1.82) is 0 Å². The normalized spacial score (nSPS) is 18.8. The Balaban J connectivity index is 1.91. The predicted molar refractivity (Wildman–Crippen MR) is 54.7 cm³/mol. The van der Waals surface area contributed by atoms with Crippen LogP contribution in [0.4, 0.5) is 4.79 Å². The number of carbonyl (C=O) groups excluding carboxylic acids is 1. The monoisotopic (exact) mass is 224 g/mol. The van der Waals surface area contributed by atoms with E-state index < -0.39 is 6.16 Å². The molecular weight excluding hydrogens is 212 g/mol. The summed E-state index contributed by atoms with van der Waals surface area (Å²) in [5, 5.41) is 0. The lowest BCUT2D eigenvalue weighted by Gasteiger charge is -2.11. The van der Waals surface area contributed by atoms with E-state index >= 15 is 0 Å². The molecule has 5 nitrogen and oxygen atoms in total. The van der Waals surface area contributed by atoms with Crippen LogP contribution in [0.15, 0.2) is 24.3 Å². The zero-order valence-electron chi connectivity index (χ0n) is 8.84. The van der Waals surface area contributed by atoms with E-state index in [-0.39, 0.29) is 19.3 Å². The van der Waals surface area contributed by atoms with Gasteiger partial charge in [0.2, 0.25) is 0 Å². The summed E-state index contributed by atoms with van der Waals surface area (Å²) in [6.07, 6.45) is -0.994. The molecule has 0 aliphatic carbocycles. The maximum atomic E-state index is 10.7. The molecule has 0 aromatic heterocycles. The van der Waals surface area contributed by atoms with Crippen molar-refractivity contribution in [2.75, 3.05) is 20.3 Å².